The maximum atomic E-state index is 13.0. The van der Waals surface area contributed by atoms with E-state index < -0.39 is 5.82 Å². The Balaban J connectivity index is 2.28. The third-order valence-corrected chi connectivity index (χ3v) is 2.50. The topological polar surface area (TPSA) is 58.6 Å². The van der Waals surface area contributed by atoms with E-state index in [-0.39, 0.29) is 0 Å². The lowest BCUT2D eigenvalue weighted by Crippen LogP contribution is -1.85. The number of nitrogens with one attached hydrogen (secondary N) is 1. The quantitative estimate of drug-likeness (QED) is 0.807. The molecule has 6 heteroatoms. The third-order valence-electron chi connectivity index (χ3n) is 1.64. The number of carbonyl (C=O) groups excluding carboxylic acids is 1. The molecule has 76 valence electrons. The summed E-state index contributed by atoms with van der Waals surface area (Å²) in [5.74, 6) is -0.443. The predicted octanol–water partition coefficient (Wildman–Crippen LogP) is 1.91. The van der Waals surface area contributed by atoms with E-state index in [0.717, 1.165) is 0 Å². The van der Waals surface area contributed by atoms with Crippen LogP contribution >= 0.6 is 11.8 Å². The average Bonchev–Trinajstić information content (AvgIpc) is 2.69. The fourth-order valence-corrected chi connectivity index (χ4v) is 1.85. The Bertz CT molecular complexity index is 472. The highest BCUT2D eigenvalue weighted by Crippen LogP contribution is 2.25. The van der Waals surface area contributed by atoms with Crippen LogP contribution in [0.1, 0.15) is 10.4 Å². The molecule has 0 aliphatic rings. The number of nitrogens with zero attached hydrogens (tertiary/aromatic N) is 2. The second kappa shape index (κ2) is 4.22. The minimum atomic E-state index is -0.443. The van der Waals surface area contributed by atoms with Gasteiger partial charge in [-0.25, -0.2) is 9.37 Å². The van der Waals surface area contributed by atoms with Gasteiger partial charge in [0.15, 0.2) is 5.16 Å². The molecule has 0 saturated heterocycles. The average molecular weight is 223 g/mol. The zero-order valence-corrected chi connectivity index (χ0v) is 8.29. The first-order chi connectivity index (χ1) is 7.28. The van der Waals surface area contributed by atoms with E-state index >= 15 is 0 Å². The molecule has 0 atom stereocenters. The molecule has 2 aromatic rings. The summed E-state index contributed by atoms with van der Waals surface area (Å²) in [6.07, 6.45) is 1.97. The van der Waals surface area contributed by atoms with Crippen LogP contribution < -0.4 is 0 Å². The van der Waals surface area contributed by atoms with Gasteiger partial charge in [0.2, 0.25) is 0 Å². The standard InChI is InChI=1S/C9H6FN3OS/c10-7-1-6(4-14)2-8(3-7)15-9-11-5-12-13-9/h1-5H,(H,11,12,13). The number of aromatic amines is 1. The lowest BCUT2D eigenvalue weighted by Gasteiger charge is -1.99. The van der Waals surface area contributed by atoms with E-state index in [0.29, 0.717) is 21.9 Å². The zero-order valence-electron chi connectivity index (χ0n) is 7.48. The molecule has 0 bridgehead atoms. The number of halogens is 1. The van der Waals surface area contributed by atoms with Crippen LogP contribution in [0.25, 0.3) is 0 Å². The molecular formula is C9H6FN3OS. The maximum absolute atomic E-state index is 13.0. The summed E-state index contributed by atoms with van der Waals surface area (Å²) >= 11 is 1.21. The van der Waals surface area contributed by atoms with Gasteiger partial charge in [0, 0.05) is 10.5 Å². The van der Waals surface area contributed by atoms with Gasteiger partial charge in [0.1, 0.15) is 18.4 Å². The summed E-state index contributed by atoms with van der Waals surface area (Å²) < 4.78 is 13.0. The Hall–Kier alpha value is -1.69. The van der Waals surface area contributed by atoms with Gasteiger partial charge >= 0.3 is 0 Å². The molecule has 0 aliphatic heterocycles. The van der Waals surface area contributed by atoms with E-state index in [4.69, 9.17) is 0 Å². The monoisotopic (exact) mass is 223 g/mol. The number of carbonyl (C=O) groups is 1. The van der Waals surface area contributed by atoms with Crippen LogP contribution in [0.5, 0.6) is 0 Å². The van der Waals surface area contributed by atoms with Crippen molar-refractivity contribution in [2.75, 3.05) is 0 Å². The van der Waals surface area contributed by atoms with Gasteiger partial charge in [0.25, 0.3) is 0 Å². The van der Waals surface area contributed by atoms with Gasteiger partial charge in [-0.15, -0.1) is 0 Å². The van der Waals surface area contributed by atoms with Crippen LogP contribution in [-0.4, -0.2) is 21.5 Å². The van der Waals surface area contributed by atoms with Crippen LogP contribution in [0.3, 0.4) is 0 Å². The molecule has 0 unspecified atom stereocenters. The Morgan fingerprint density at radius 1 is 1.40 bits per heavy atom. The number of H-pyrrole nitrogens is 1. The molecular weight excluding hydrogens is 217 g/mol. The van der Waals surface area contributed by atoms with Gasteiger partial charge in [0.05, 0.1) is 0 Å². The van der Waals surface area contributed by atoms with Gasteiger partial charge in [-0.3, -0.25) is 9.89 Å². The second-order valence-electron chi connectivity index (χ2n) is 2.73. The Morgan fingerprint density at radius 3 is 2.93 bits per heavy atom. The number of benzene rings is 1. The second-order valence-corrected chi connectivity index (χ2v) is 3.79. The molecule has 1 heterocycles. The first kappa shape index (κ1) is 9.85. The summed E-state index contributed by atoms with van der Waals surface area (Å²) in [6.45, 7) is 0. The van der Waals surface area contributed by atoms with Crippen molar-refractivity contribution in [3.05, 3.63) is 35.9 Å². The van der Waals surface area contributed by atoms with E-state index in [1.165, 1.54) is 30.2 Å². The molecule has 1 aromatic heterocycles. The van der Waals surface area contributed by atoms with E-state index in [9.17, 15) is 9.18 Å². The number of aldehydes is 1. The number of hydrogen-bond donors (Lipinski definition) is 1. The van der Waals surface area contributed by atoms with E-state index in [1.54, 1.807) is 6.07 Å². The molecule has 0 amide bonds. The molecule has 1 N–H and O–H groups in total. The Kier molecular flexibility index (Phi) is 2.77. The van der Waals surface area contributed by atoms with E-state index in [1.807, 2.05) is 0 Å². The first-order valence-corrected chi connectivity index (χ1v) is 4.88. The van der Waals surface area contributed by atoms with Crippen LogP contribution in [-0.2, 0) is 0 Å². The Labute approximate surface area is 88.9 Å². The van der Waals surface area contributed by atoms with Gasteiger partial charge < -0.3 is 0 Å². The summed E-state index contributed by atoms with van der Waals surface area (Å²) in [7, 11) is 0. The lowest BCUT2D eigenvalue weighted by atomic mass is 10.2. The molecule has 15 heavy (non-hydrogen) atoms. The minimum absolute atomic E-state index is 0.303. The van der Waals surface area contributed by atoms with Crippen molar-refractivity contribution in [2.45, 2.75) is 10.1 Å². The van der Waals surface area contributed by atoms with Gasteiger partial charge in [-0.2, -0.15) is 5.10 Å². The fourth-order valence-electron chi connectivity index (χ4n) is 1.07. The smallest absolute Gasteiger partial charge is 0.188 e. The molecule has 0 aliphatic carbocycles. The molecule has 2 rings (SSSR count). The van der Waals surface area contributed by atoms with Gasteiger partial charge in [-0.1, -0.05) is 11.8 Å². The number of rotatable bonds is 3. The van der Waals surface area contributed by atoms with E-state index in [2.05, 4.69) is 15.2 Å². The van der Waals surface area contributed by atoms with Crippen molar-refractivity contribution in [2.24, 2.45) is 0 Å². The predicted molar refractivity (Wildman–Crippen MR) is 52.3 cm³/mol. The molecule has 4 nitrogen and oxygen atoms in total. The van der Waals surface area contributed by atoms with Crippen molar-refractivity contribution < 1.29 is 9.18 Å². The molecule has 0 saturated carbocycles. The summed E-state index contributed by atoms with van der Waals surface area (Å²) in [5.41, 5.74) is 0.303. The highest BCUT2D eigenvalue weighted by atomic mass is 32.2. The zero-order chi connectivity index (χ0) is 10.7. The van der Waals surface area contributed by atoms with Crippen molar-refractivity contribution in [1.29, 1.82) is 0 Å². The highest BCUT2D eigenvalue weighted by Gasteiger charge is 2.03. The Morgan fingerprint density at radius 2 is 2.27 bits per heavy atom. The van der Waals surface area contributed by atoms with Crippen LogP contribution in [0.4, 0.5) is 4.39 Å². The van der Waals surface area contributed by atoms with Gasteiger partial charge in [-0.05, 0) is 18.2 Å². The fraction of sp³-hybridized carbons (Fsp3) is 0. The third kappa shape index (κ3) is 2.41. The summed E-state index contributed by atoms with van der Waals surface area (Å²) in [5, 5.41) is 6.85. The highest BCUT2D eigenvalue weighted by molar-refractivity contribution is 7.99. The van der Waals surface area contributed by atoms with Crippen molar-refractivity contribution in [1.82, 2.24) is 15.2 Å². The minimum Gasteiger partial charge on any atom is -0.298 e. The lowest BCUT2D eigenvalue weighted by molar-refractivity contribution is 0.112. The number of hydrogen-bond acceptors (Lipinski definition) is 4. The molecule has 0 fully saturated rings. The first-order valence-electron chi connectivity index (χ1n) is 4.07. The molecule has 0 radical (unpaired) electrons. The maximum Gasteiger partial charge on any atom is 0.188 e. The number of aromatic nitrogens is 3. The molecule has 0 spiro atoms. The SMILES string of the molecule is O=Cc1cc(F)cc(Sc2ncn[nH]2)c1. The van der Waals surface area contributed by atoms with Crippen molar-refractivity contribution >= 4 is 18.0 Å². The normalized spacial score (nSPS) is 10.2. The van der Waals surface area contributed by atoms with Crippen molar-refractivity contribution in [3.8, 4) is 0 Å². The summed E-state index contributed by atoms with van der Waals surface area (Å²) in [4.78, 5) is 15.0. The van der Waals surface area contributed by atoms with Crippen molar-refractivity contribution in [3.63, 3.8) is 0 Å². The van der Waals surface area contributed by atoms with Crippen LogP contribution in [0.2, 0.25) is 0 Å². The molecule has 1 aromatic carbocycles. The van der Waals surface area contributed by atoms with Crippen LogP contribution in [0.15, 0.2) is 34.6 Å². The largest absolute Gasteiger partial charge is 0.298 e. The van der Waals surface area contributed by atoms with Crippen LogP contribution in [0, 0.1) is 5.82 Å². The summed E-state index contributed by atoms with van der Waals surface area (Å²) in [6, 6.07) is 4.10.